The maximum atomic E-state index is 5.60. The van der Waals surface area contributed by atoms with E-state index in [1.54, 1.807) is 11.3 Å². The zero-order valence-corrected chi connectivity index (χ0v) is 9.51. The van der Waals surface area contributed by atoms with Crippen LogP contribution in [0.2, 0.25) is 0 Å². The van der Waals surface area contributed by atoms with Gasteiger partial charge in [-0.1, -0.05) is 11.2 Å². The average Bonchev–Trinajstić information content (AvgIpc) is 2.83. The normalized spacial score (nSPS) is 10.7. The van der Waals surface area contributed by atoms with Crippen LogP contribution in [0.15, 0.2) is 22.0 Å². The summed E-state index contributed by atoms with van der Waals surface area (Å²) in [5, 5.41) is 5.84. The van der Waals surface area contributed by atoms with E-state index < -0.39 is 0 Å². The minimum absolute atomic E-state index is 0.515. The number of hydrogen-bond acceptors (Lipinski definition) is 4. The first-order valence-corrected chi connectivity index (χ1v) is 5.88. The Labute approximate surface area is 92.9 Å². The highest BCUT2D eigenvalue weighted by molar-refractivity contribution is 7.09. The highest BCUT2D eigenvalue weighted by Gasteiger charge is 2.08. The Morgan fingerprint density at radius 3 is 2.93 bits per heavy atom. The van der Waals surface area contributed by atoms with Gasteiger partial charge in [0.25, 0.3) is 0 Å². The van der Waals surface area contributed by atoms with Crippen LogP contribution in [-0.4, -0.2) is 5.16 Å². The topological polar surface area (TPSA) is 52.0 Å². The largest absolute Gasteiger partial charge is 0.381 e. The summed E-state index contributed by atoms with van der Waals surface area (Å²) in [6.07, 6.45) is 3.08. The second-order valence-corrected chi connectivity index (χ2v) is 4.58. The van der Waals surface area contributed by atoms with E-state index in [0.29, 0.717) is 5.82 Å². The first-order chi connectivity index (χ1) is 7.27. The van der Waals surface area contributed by atoms with Crippen molar-refractivity contribution in [3.63, 3.8) is 0 Å². The van der Waals surface area contributed by atoms with Crippen molar-refractivity contribution in [2.75, 3.05) is 5.73 Å². The number of hydrogen-bond donors (Lipinski definition) is 1. The summed E-state index contributed by atoms with van der Waals surface area (Å²) in [5.74, 6) is 1.44. The monoisotopic (exact) mass is 222 g/mol. The van der Waals surface area contributed by atoms with Crippen LogP contribution in [0.3, 0.4) is 0 Å². The highest BCUT2D eigenvalue weighted by atomic mass is 32.1. The molecule has 0 spiro atoms. The molecule has 0 aromatic carbocycles. The van der Waals surface area contributed by atoms with Gasteiger partial charge in [0.2, 0.25) is 0 Å². The summed E-state index contributed by atoms with van der Waals surface area (Å²) >= 11 is 1.80. The zero-order chi connectivity index (χ0) is 10.7. The first kappa shape index (κ1) is 10.2. The molecule has 0 aliphatic rings. The van der Waals surface area contributed by atoms with Crippen LogP contribution in [0.5, 0.6) is 0 Å². The van der Waals surface area contributed by atoms with E-state index in [-0.39, 0.29) is 0 Å². The summed E-state index contributed by atoms with van der Waals surface area (Å²) in [6, 6.07) is 4.24. The standard InChI is InChI=1S/C11H14N2OS/c1-8-10(14-13-11(8)12)6-2-4-9-5-3-7-15-9/h3,5,7H,2,4,6H2,1H3,(H2,12,13). The SMILES string of the molecule is Cc1c(N)noc1CCCc1cccs1. The van der Waals surface area contributed by atoms with Crippen LogP contribution in [0.4, 0.5) is 5.82 Å². The Morgan fingerprint density at radius 2 is 2.33 bits per heavy atom. The van der Waals surface area contributed by atoms with Crippen LogP contribution in [0.25, 0.3) is 0 Å². The second kappa shape index (κ2) is 4.49. The van der Waals surface area contributed by atoms with Gasteiger partial charge in [-0.25, -0.2) is 0 Å². The summed E-state index contributed by atoms with van der Waals surface area (Å²) in [7, 11) is 0. The molecule has 2 aromatic heterocycles. The zero-order valence-electron chi connectivity index (χ0n) is 8.69. The van der Waals surface area contributed by atoms with Crippen LogP contribution >= 0.6 is 11.3 Å². The Hall–Kier alpha value is -1.29. The highest BCUT2D eigenvalue weighted by Crippen LogP contribution is 2.18. The van der Waals surface area contributed by atoms with Crippen molar-refractivity contribution >= 4 is 17.2 Å². The molecule has 0 radical (unpaired) electrons. The van der Waals surface area contributed by atoms with Gasteiger partial charge >= 0.3 is 0 Å². The van der Waals surface area contributed by atoms with Crippen LogP contribution in [0.1, 0.15) is 22.6 Å². The molecular weight excluding hydrogens is 208 g/mol. The molecule has 2 heterocycles. The first-order valence-electron chi connectivity index (χ1n) is 5.00. The van der Waals surface area contributed by atoms with Crippen LogP contribution in [-0.2, 0) is 12.8 Å². The van der Waals surface area contributed by atoms with Gasteiger partial charge < -0.3 is 10.3 Å². The van der Waals surface area contributed by atoms with Crippen molar-refractivity contribution in [3.8, 4) is 0 Å². The minimum atomic E-state index is 0.515. The van der Waals surface area contributed by atoms with Crippen LogP contribution < -0.4 is 5.73 Å². The van der Waals surface area contributed by atoms with Crippen LogP contribution in [0, 0.1) is 6.92 Å². The van der Waals surface area contributed by atoms with Gasteiger partial charge in [-0.2, -0.15) is 0 Å². The molecule has 0 unspecified atom stereocenters. The smallest absolute Gasteiger partial charge is 0.169 e. The summed E-state index contributed by atoms with van der Waals surface area (Å²) in [5.41, 5.74) is 6.59. The van der Waals surface area contributed by atoms with E-state index >= 15 is 0 Å². The van der Waals surface area contributed by atoms with Gasteiger partial charge in [0, 0.05) is 16.9 Å². The molecule has 0 aliphatic carbocycles. The molecule has 0 aliphatic heterocycles. The van der Waals surface area contributed by atoms with E-state index in [1.165, 1.54) is 4.88 Å². The number of rotatable bonds is 4. The molecule has 0 saturated carbocycles. The molecule has 0 fully saturated rings. The van der Waals surface area contributed by atoms with Crippen molar-refractivity contribution in [2.45, 2.75) is 26.2 Å². The maximum Gasteiger partial charge on any atom is 0.169 e. The van der Waals surface area contributed by atoms with Gasteiger partial charge in [-0.15, -0.1) is 11.3 Å². The Kier molecular flexibility index (Phi) is 3.06. The van der Waals surface area contributed by atoms with E-state index in [1.807, 2.05) is 6.92 Å². The number of anilines is 1. The van der Waals surface area contributed by atoms with E-state index in [4.69, 9.17) is 10.3 Å². The fourth-order valence-electron chi connectivity index (χ4n) is 1.50. The summed E-state index contributed by atoms with van der Waals surface area (Å²) in [4.78, 5) is 1.42. The fourth-order valence-corrected chi connectivity index (χ4v) is 2.25. The third-order valence-corrected chi connectivity index (χ3v) is 3.40. The van der Waals surface area contributed by atoms with Gasteiger partial charge in [-0.05, 0) is 31.2 Å². The van der Waals surface area contributed by atoms with Gasteiger partial charge in [-0.3, -0.25) is 0 Å². The van der Waals surface area contributed by atoms with Crippen molar-refractivity contribution in [1.29, 1.82) is 0 Å². The van der Waals surface area contributed by atoms with Crippen molar-refractivity contribution in [1.82, 2.24) is 5.16 Å². The lowest BCUT2D eigenvalue weighted by Crippen LogP contribution is -1.90. The Morgan fingerprint density at radius 1 is 1.47 bits per heavy atom. The number of aromatic nitrogens is 1. The third-order valence-electron chi connectivity index (χ3n) is 2.46. The lowest BCUT2D eigenvalue weighted by molar-refractivity contribution is 0.382. The minimum Gasteiger partial charge on any atom is -0.381 e. The molecule has 3 nitrogen and oxygen atoms in total. The second-order valence-electron chi connectivity index (χ2n) is 3.55. The molecule has 0 atom stereocenters. The Bertz CT molecular complexity index is 420. The van der Waals surface area contributed by atoms with E-state index in [9.17, 15) is 0 Å². The summed E-state index contributed by atoms with van der Waals surface area (Å²) < 4.78 is 5.14. The molecule has 2 N–H and O–H groups in total. The quantitative estimate of drug-likeness (QED) is 0.865. The fraction of sp³-hybridized carbons (Fsp3) is 0.364. The Balaban J connectivity index is 1.86. The molecule has 2 rings (SSSR count). The van der Waals surface area contributed by atoms with Crippen molar-refractivity contribution in [3.05, 3.63) is 33.7 Å². The molecule has 0 bridgehead atoms. The number of nitrogens with zero attached hydrogens (tertiary/aromatic N) is 1. The van der Waals surface area contributed by atoms with Gasteiger partial charge in [0.1, 0.15) is 5.76 Å². The molecular formula is C11H14N2OS. The summed E-state index contributed by atoms with van der Waals surface area (Å²) in [6.45, 7) is 1.95. The number of nitrogen functional groups attached to an aromatic ring is 1. The van der Waals surface area contributed by atoms with Gasteiger partial charge in [0.15, 0.2) is 5.82 Å². The maximum absolute atomic E-state index is 5.60. The van der Waals surface area contributed by atoms with Crippen molar-refractivity contribution < 1.29 is 4.52 Å². The van der Waals surface area contributed by atoms with Crippen molar-refractivity contribution in [2.24, 2.45) is 0 Å². The molecule has 4 heteroatoms. The van der Waals surface area contributed by atoms with Gasteiger partial charge in [0.05, 0.1) is 0 Å². The lowest BCUT2D eigenvalue weighted by atomic mass is 10.1. The predicted molar refractivity (Wildman–Crippen MR) is 62.0 cm³/mol. The number of aryl methyl sites for hydroxylation is 2. The molecule has 15 heavy (non-hydrogen) atoms. The predicted octanol–water partition coefficient (Wildman–Crippen LogP) is 2.80. The lowest BCUT2D eigenvalue weighted by Gasteiger charge is -1.96. The molecule has 80 valence electrons. The molecule has 0 saturated heterocycles. The molecule has 0 amide bonds. The average molecular weight is 222 g/mol. The number of nitrogens with two attached hydrogens (primary N) is 1. The number of thiophene rings is 1. The third kappa shape index (κ3) is 2.39. The van der Waals surface area contributed by atoms with E-state index in [0.717, 1.165) is 30.6 Å². The molecule has 2 aromatic rings. The van der Waals surface area contributed by atoms with E-state index in [2.05, 4.69) is 22.7 Å².